The highest BCUT2D eigenvalue weighted by Gasteiger charge is 2.07. The molecule has 0 aliphatic heterocycles. The zero-order chi connectivity index (χ0) is 19.2. The molecule has 0 N–H and O–H groups in total. The molecule has 0 fully saturated rings. The summed E-state index contributed by atoms with van der Waals surface area (Å²) in [5, 5.41) is 0. The molecular weight excluding hydrogens is 324 g/mol. The maximum absolute atomic E-state index is 4.10. The molecule has 0 radical (unpaired) electrons. The third kappa shape index (κ3) is 4.54. The van der Waals surface area contributed by atoms with Gasteiger partial charge in [-0.15, -0.1) is 0 Å². The molecule has 0 amide bonds. The topological polar surface area (TPSA) is 0 Å². The Bertz CT molecular complexity index is 981. The van der Waals surface area contributed by atoms with Crippen LogP contribution in [0.1, 0.15) is 25.0 Å². The molecule has 0 spiro atoms. The number of benzene rings is 3. The van der Waals surface area contributed by atoms with Crippen LogP contribution in [0.25, 0.3) is 27.8 Å². The van der Waals surface area contributed by atoms with Gasteiger partial charge in [0, 0.05) is 0 Å². The second-order valence-corrected chi connectivity index (χ2v) is 6.89. The van der Waals surface area contributed by atoms with Crippen molar-refractivity contribution in [3.8, 4) is 22.3 Å². The molecular formula is C27H26. The second kappa shape index (κ2) is 8.51. The van der Waals surface area contributed by atoms with E-state index in [4.69, 9.17) is 0 Å². The first-order valence-electron chi connectivity index (χ1n) is 9.35. The standard InChI is InChI=1S/C27H26/c1-5-8-21(3)19-22(4)26-9-6-7-10-27(26)25-17-15-24(16-18-25)23-13-11-20(2)12-14-23/h5-19H,3H2,1-2,4H3/b8-5-,22-19+. The molecule has 0 aromatic heterocycles. The highest BCUT2D eigenvalue weighted by Crippen LogP contribution is 2.31. The van der Waals surface area contributed by atoms with Crippen LogP contribution in [0, 0.1) is 6.92 Å². The van der Waals surface area contributed by atoms with Crippen LogP contribution >= 0.6 is 0 Å². The second-order valence-electron chi connectivity index (χ2n) is 6.89. The van der Waals surface area contributed by atoms with Gasteiger partial charge in [-0.3, -0.25) is 0 Å². The van der Waals surface area contributed by atoms with E-state index in [1.54, 1.807) is 0 Å². The molecule has 3 aromatic rings. The van der Waals surface area contributed by atoms with Crippen LogP contribution in [-0.2, 0) is 0 Å². The van der Waals surface area contributed by atoms with E-state index in [9.17, 15) is 0 Å². The predicted molar refractivity (Wildman–Crippen MR) is 120 cm³/mol. The van der Waals surface area contributed by atoms with Gasteiger partial charge >= 0.3 is 0 Å². The van der Waals surface area contributed by atoms with Gasteiger partial charge in [0.25, 0.3) is 0 Å². The fraction of sp³-hybridized carbons (Fsp3) is 0.111. The lowest BCUT2D eigenvalue weighted by Crippen LogP contribution is -1.88. The molecule has 0 heterocycles. The van der Waals surface area contributed by atoms with E-state index in [-0.39, 0.29) is 0 Å². The van der Waals surface area contributed by atoms with Gasteiger partial charge < -0.3 is 0 Å². The fourth-order valence-corrected chi connectivity index (χ4v) is 3.28. The summed E-state index contributed by atoms with van der Waals surface area (Å²) >= 11 is 0. The largest absolute Gasteiger partial charge is 0.0918 e. The van der Waals surface area contributed by atoms with E-state index < -0.39 is 0 Å². The van der Waals surface area contributed by atoms with Crippen molar-refractivity contribution in [1.82, 2.24) is 0 Å². The van der Waals surface area contributed by atoms with E-state index in [2.05, 4.69) is 99.3 Å². The lowest BCUT2D eigenvalue weighted by Gasteiger charge is -2.12. The highest BCUT2D eigenvalue weighted by molar-refractivity contribution is 5.82. The molecule has 0 atom stereocenters. The summed E-state index contributed by atoms with van der Waals surface area (Å²) in [5.41, 5.74) is 9.72. The van der Waals surface area contributed by atoms with Crippen molar-refractivity contribution in [3.05, 3.63) is 114 Å². The molecule has 0 saturated heterocycles. The minimum atomic E-state index is 1.01. The van der Waals surface area contributed by atoms with Gasteiger partial charge in [0.2, 0.25) is 0 Å². The quantitative estimate of drug-likeness (QED) is 0.411. The summed E-state index contributed by atoms with van der Waals surface area (Å²) in [6.07, 6.45) is 6.18. The van der Waals surface area contributed by atoms with Gasteiger partial charge in [-0.05, 0) is 59.7 Å². The molecule has 0 nitrogen and oxygen atoms in total. The number of hydrogen-bond donors (Lipinski definition) is 0. The average molecular weight is 351 g/mol. The van der Waals surface area contributed by atoms with E-state index in [1.165, 1.54) is 39.0 Å². The van der Waals surface area contributed by atoms with E-state index in [0.717, 1.165) is 5.57 Å². The van der Waals surface area contributed by atoms with Gasteiger partial charge in [0.15, 0.2) is 0 Å². The Morgan fingerprint density at radius 1 is 0.778 bits per heavy atom. The fourth-order valence-electron chi connectivity index (χ4n) is 3.28. The Hall–Kier alpha value is -3.12. The third-order valence-electron chi connectivity index (χ3n) is 4.72. The summed E-state index contributed by atoms with van der Waals surface area (Å²) in [6.45, 7) is 10.4. The van der Waals surface area contributed by atoms with Crippen LogP contribution in [0.15, 0.2) is 103 Å². The third-order valence-corrected chi connectivity index (χ3v) is 4.72. The molecule has 27 heavy (non-hydrogen) atoms. The number of rotatable bonds is 5. The van der Waals surface area contributed by atoms with Crippen molar-refractivity contribution >= 4 is 5.57 Å². The van der Waals surface area contributed by atoms with Crippen LogP contribution in [0.2, 0.25) is 0 Å². The summed E-state index contributed by atoms with van der Waals surface area (Å²) < 4.78 is 0. The van der Waals surface area contributed by atoms with Crippen LogP contribution in [0.5, 0.6) is 0 Å². The maximum atomic E-state index is 4.10. The molecule has 0 aliphatic rings. The average Bonchev–Trinajstić information content (AvgIpc) is 2.69. The molecule has 0 saturated carbocycles. The molecule has 3 aromatic carbocycles. The van der Waals surface area contributed by atoms with Crippen molar-refractivity contribution in [1.29, 1.82) is 0 Å². The number of aryl methyl sites for hydroxylation is 1. The van der Waals surface area contributed by atoms with Gasteiger partial charge in [-0.1, -0.05) is 103 Å². The van der Waals surface area contributed by atoms with Crippen molar-refractivity contribution in [2.45, 2.75) is 20.8 Å². The molecule has 0 bridgehead atoms. The van der Waals surface area contributed by atoms with Gasteiger partial charge in [0.05, 0.1) is 0 Å². The molecule has 134 valence electrons. The Morgan fingerprint density at radius 3 is 1.96 bits per heavy atom. The lowest BCUT2D eigenvalue weighted by atomic mass is 9.93. The Morgan fingerprint density at radius 2 is 1.33 bits per heavy atom. The van der Waals surface area contributed by atoms with Gasteiger partial charge in [0.1, 0.15) is 0 Å². The van der Waals surface area contributed by atoms with Crippen LogP contribution < -0.4 is 0 Å². The van der Waals surface area contributed by atoms with Crippen LogP contribution in [0.3, 0.4) is 0 Å². The molecule has 0 aliphatic carbocycles. The summed E-state index contributed by atoms with van der Waals surface area (Å²) in [7, 11) is 0. The lowest BCUT2D eigenvalue weighted by molar-refractivity contribution is 1.47. The van der Waals surface area contributed by atoms with Crippen LogP contribution in [0.4, 0.5) is 0 Å². The van der Waals surface area contributed by atoms with E-state index in [0.29, 0.717) is 0 Å². The number of hydrogen-bond acceptors (Lipinski definition) is 0. The Balaban J connectivity index is 1.95. The normalized spacial score (nSPS) is 11.7. The monoisotopic (exact) mass is 350 g/mol. The summed E-state index contributed by atoms with van der Waals surface area (Å²) in [6, 6.07) is 26.1. The first-order chi connectivity index (χ1) is 13.1. The molecule has 3 rings (SSSR count). The van der Waals surface area contributed by atoms with Crippen molar-refractivity contribution in [2.75, 3.05) is 0 Å². The SMILES string of the molecule is C=C(/C=C\C)/C=C(\C)c1ccccc1-c1ccc(-c2ccc(C)cc2)cc1. The van der Waals surface area contributed by atoms with Crippen molar-refractivity contribution in [2.24, 2.45) is 0 Å². The van der Waals surface area contributed by atoms with Gasteiger partial charge in [-0.25, -0.2) is 0 Å². The van der Waals surface area contributed by atoms with Gasteiger partial charge in [-0.2, -0.15) is 0 Å². The predicted octanol–water partition coefficient (Wildman–Crippen LogP) is 7.86. The zero-order valence-corrected chi connectivity index (χ0v) is 16.4. The Labute approximate surface area is 163 Å². The summed E-state index contributed by atoms with van der Waals surface area (Å²) in [5.74, 6) is 0. The molecule has 0 unspecified atom stereocenters. The smallest absolute Gasteiger partial charge is 0.0109 e. The number of allylic oxidation sites excluding steroid dienone is 5. The van der Waals surface area contributed by atoms with Crippen LogP contribution in [-0.4, -0.2) is 0 Å². The minimum Gasteiger partial charge on any atom is -0.0918 e. The van der Waals surface area contributed by atoms with Crippen molar-refractivity contribution in [3.63, 3.8) is 0 Å². The van der Waals surface area contributed by atoms with E-state index in [1.807, 2.05) is 19.1 Å². The molecule has 0 heteroatoms. The first-order valence-corrected chi connectivity index (χ1v) is 9.35. The Kier molecular flexibility index (Phi) is 5.88. The maximum Gasteiger partial charge on any atom is -0.0109 e. The minimum absolute atomic E-state index is 1.01. The van der Waals surface area contributed by atoms with E-state index >= 15 is 0 Å². The van der Waals surface area contributed by atoms with Crippen molar-refractivity contribution < 1.29 is 0 Å². The summed E-state index contributed by atoms with van der Waals surface area (Å²) in [4.78, 5) is 0. The highest BCUT2D eigenvalue weighted by atomic mass is 14.1. The zero-order valence-electron chi connectivity index (χ0n) is 16.4. The first kappa shape index (κ1) is 18.7.